The minimum Gasteiger partial charge on any atom is -0.427 e. The fourth-order valence-electron chi connectivity index (χ4n) is 1.79. The van der Waals surface area contributed by atoms with Crippen LogP contribution in [-0.4, -0.2) is 40.5 Å². The Morgan fingerprint density at radius 2 is 2.57 bits per heavy atom. The van der Waals surface area contributed by atoms with E-state index in [0.29, 0.717) is 18.5 Å². The normalized spacial score (nSPS) is 24.6. The third-order valence-corrected chi connectivity index (χ3v) is 2.58. The quantitative estimate of drug-likeness (QED) is 0.586. The molecule has 14 heavy (non-hydrogen) atoms. The molecule has 0 saturated carbocycles. The summed E-state index contributed by atoms with van der Waals surface area (Å²) in [6, 6.07) is 0.307. The summed E-state index contributed by atoms with van der Waals surface area (Å²) in [5.41, 5.74) is 5.65. The van der Waals surface area contributed by atoms with E-state index in [1.807, 2.05) is 0 Å². The van der Waals surface area contributed by atoms with Gasteiger partial charge in [-0.3, -0.25) is 0 Å². The Kier molecular flexibility index (Phi) is 6.19. The number of rotatable bonds is 6. The summed E-state index contributed by atoms with van der Waals surface area (Å²) in [7, 11) is 3.23. The van der Waals surface area contributed by atoms with E-state index in [1.165, 1.54) is 12.8 Å². The van der Waals surface area contributed by atoms with Crippen LogP contribution < -0.4 is 11.0 Å². The number of ether oxygens (including phenoxy) is 1. The average molecular weight is 199 g/mol. The molecule has 0 amide bonds. The molecule has 1 aliphatic heterocycles. The van der Waals surface area contributed by atoms with Gasteiger partial charge in [0.25, 0.3) is 0 Å². The maximum Gasteiger partial charge on any atom is 0.395 e. The van der Waals surface area contributed by atoms with Crippen molar-refractivity contribution < 1.29 is 9.39 Å². The second-order valence-corrected chi connectivity index (χ2v) is 3.77. The molecule has 2 atom stereocenters. The van der Waals surface area contributed by atoms with Crippen LogP contribution in [0.15, 0.2) is 0 Å². The lowest BCUT2D eigenvalue weighted by Gasteiger charge is -2.26. The first-order valence-corrected chi connectivity index (χ1v) is 5.25. The standard InChI is InChI=1S/C9H20BN2O2/c1-13-10-12-9(6-11)5-8-3-2-4-14-7-8/h8-9,12H,2-7,11H2,1H3/t8-,9+/m1/s1. The van der Waals surface area contributed by atoms with Crippen molar-refractivity contribution in [2.75, 3.05) is 26.9 Å². The molecule has 0 unspecified atom stereocenters. The summed E-state index contributed by atoms with van der Waals surface area (Å²) < 4.78 is 10.3. The van der Waals surface area contributed by atoms with Crippen molar-refractivity contribution in [2.24, 2.45) is 11.7 Å². The number of nitrogens with two attached hydrogens (primary N) is 1. The van der Waals surface area contributed by atoms with Crippen LogP contribution in [0.3, 0.4) is 0 Å². The van der Waals surface area contributed by atoms with Crippen molar-refractivity contribution >= 4 is 7.62 Å². The topological polar surface area (TPSA) is 56.5 Å². The molecule has 1 fully saturated rings. The summed E-state index contributed by atoms with van der Waals surface area (Å²) in [6.07, 6.45) is 3.50. The molecule has 4 nitrogen and oxygen atoms in total. The Labute approximate surface area is 86.8 Å². The molecule has 5 heteroatoms. The predicted molar refractivity (Wildman–Crippen MR) is 56.9 cm³/mol. The summed E-state index contributed by atoms with van der Waals surface area (Å²) >= 11 is 0. The maximum atomic E-state index is 5.65. The molecule has 1 rings (SSSR count). The molecule has 1 heterocycles. The zero-order valence-corrected chi connectivity index (χ0v) is 8.87. The van der Waals surface area contributed by atoms with Crippen LogP contribution >= 0.6 is 0 Å². The van der Waals surface area contributed by atoms with E-state index < -0.39 is 0 Å². The van der Waals surface area contributed by atoms with Crippen molar-refractivity contribution in [3.63, 3.8) is 0 Å². The van der Waals surface area contributed by atoms with Gasteiger partial charge < -0.3 is 20.4 Å². The molecule has 81 valence electrons. The SMILES string of the molecule is CO[B]N[C@H](CN)C[C@H]1CCCOC1. The first-order chi connectivity index (χ1) is 6.86. The van der Waals surface area contributed by atoms with E-state index >= 15 is 0 Å². The third-order valence-electron chi connectivity index (χ3n) is 2.58. The summed E-state index contributed by atoms with van der Waals surface area (Å²) in [6.45, 7) is 2.43. The van der Waals surface area contributed by atoms with Gasteiger partial charge in [0.15, 0.2) is 0 Å². The van der Waals surface area contributed by atoms with Gasteiger partial charge in [0.1, 0.15) is 0 Å². The van der Waals surface area contributed by atoms with Crippen LogP contribution in [0.1, 0.15) is 19.3 Å². The van der Waals surface area contributed by atoms with Crippen molar-refractivity contribution in [1.82, 2.24) is 5.23 Å². The van der Waals surface area contributed by atoms with Gasteiger partial charge in [-0.25, -0.2) is 0 Å². The van der Waals surface area contributed by atoms with Gasteiger partial charge in [-0.1, -0.05) is 0 Å². The lowest BCUT2D eigenvalue weighted by Crippen LogP contribution is -2.41. The fourth-order valence-corrected chi connectivity index (χ4v) is 1.79. The van der Waals surface area contributed by atoms with E-state index in [-0.39, 0.29) is 0 Å². The zero-order chi connectivity index (χ0) is 10.2. The highest BCUT2D eigenvalue weighted by molar-refractivity contribution is 6.23. The Bertz CT molecular complexity index is 143. The molecule has 1 radical (unpaired) electrons. The lowest BCUT2D eigenvalue weighted by atomic mass is 9.93. The minimum absolute atomic E-state index is 0.307. The molecule has 1 aliphatic rings. The maximum absolute atomic E-state index is 5.65. The first kappa shape index (κ1) is 12.0. The number of hydrogen-bond donors (Lipinski definition) is 2. The summed E-state index contributed by atoms with van der Waals surface area (Å²) in [4.78, 5) is 0. The Morgan fingerprint density at radius 1 is 1.71 bits per heavy atom. The van der Waals surface area contributed by atoms with E-state index in [1.54, 1.807) is 14.7 Å². The van der Waals surface area contributed by atoms with Crippen LogP contribution in [0.25, 0.3) is 0 Å². The molecule has 0 aromatic rings. The van der Waals surface area contributed by atoms with Crippen LogP contribution in [-0.2, 0) is 9.39 Å². The highest BCUT2D eigenvalue weighted by atomic mass is 16.5. The van der Waals surface area contributed by atoms with Crippen molar-refractivity contribution in [1.29, 1.82) is 0 Å². The van der Waals surface area contributed by atoms with E-state index in [0.717, 1.165) is 19.6 Å². The molecule has 3 N–H and O–H groups in total. The molecule has 0 aromatic carbocycles. The molecular formula is C9H20BN2O2. The monoisotopic (exact) mass is 199 g/mol. The van der Waals surface area contributed by atoms with Crippen molar-refractivity contribution in [2.45, 2.75) is 25.3 Å². The van der Waals surface area contributed by atoms with Crippen LogP contribution in [0, 0.1) is 5.92 Å². The number of nitrogens with one attached hydrogen (secondary N) is 1. The van der Waals surface area contributed by atoms with Crippen LogP contribution in [0.5, 0.6) is 0 Å². The highest BCUT2D eigenvalue weighted by Crippen LogP contribution is 2.18. The smallest absolute Gasteiger partial charge is 0.395 e. The largest absolute Gasteiger partial charge is 0.427 e. The highest BCUT2D eigenvalue weighted by Gasteiger charge is 2.18. The van der Waals surface area contributed by atoms with Crippen LogP contribution in [0.4, 0.5) is 0 Å². The first-order valence-electron chi connectivity index (χ1n) is 5.25. The van der Waals surface area contributed by atoms with Crippen molar-refractivity contribution in [3.8, 4) is 0 Å². The average Bonchev–Trinajstić information content (AvgIpc) is 2.25. The fraction of sp³-hybridized carbons (Fsp3) is 1.00. The lowest BCUT2D eigenvalue weighted by molar-refractivity contribution is 0.0486. The van der Waals surface area contributed by atoms with Gasteiger partial charge >= 0.3 is 7.62 Å². The molecular weight excluding hydrogens is 179 g/mol. The van der Waals surface area contributed by atoms with E-state index in [2.05, 4.69) is 5.23 Å². The van der Waals surface area contributed by atoms with Gasteiger partial charge in [-0.2, -0.15) is 0 Å². The molecule has 1 saturated heterocycles. The predicted octanol–water partition coefficient (Wildman–Crippen LogP) is -0.0994. The molecule has 0 aliphatic carbocycles. The Hall–Kier alpha value is -0.0951. The third kappa shape index (κ3) is 4.42. The van der Waals surface area contributed by atoms with E-state index in [4.69, 9.17) is 15.1 Å². The van der Waals surface area contributed by atoms with E-state index in [9.17, 15) is 0 Å². The van der Waals surface area contributed by atoms with Gasteiger partial charge in [0.05, 0.1) is 0 Å². The van der Waals surface area contributed by atoms with Crippen molar-refractivity contribution in [3.05, 3.63) is 0 Å². The minimum atomic E-state index is 0.307. The van der Waals surface area contributed by atoms with Gasteiger partial charge in [0, 0.05) is 32.9 Å². The summed E-state index contributed by atoms with van der Waals surface area (Å²) in [5.74, 6) is 0.648. The molecule has 0 spiro atoms. The molecule has 0 bridgehead atoms. The van der Waals surface area contributed by atoms with Gasteiger partial charge in [-0.15, -0.1) is 0 Å². The zero-order valence-electron chi connectivity index (χ0n) is 8.87. The summed E-state index contributed by atoms with van der Waals surface area (Å²) in [5, 5.41) is 3.14. The number of hydrogen-bond acceptors (Lipinski definition) is 4. The van der Waals surface area contributed by atoms with Gasteiger partial charge in [-0.05, 0) is 25.2 Å². The van der Waals surface area contributed by atoms with Gasteiger partial charge in [0.2, 0.25) is 0 Å². The molecule has 0 aromatic heterocycles. The Balaban J connectivity index is 2.16. The second-order valence-electron chi connectivity index (χ2n) is 3.77. The Morgan fingerprint density at radius 3 is 3.14 bits per heavy atom. The second kappa shape index (κ2) is 7.23. The van der Waals surface area contributed by atoms with Crippen LogP contribution in [0.2, 0.25) is 0 Å².